The number of esters is 1. The minimum atomic E-state index is -0.774. The molecule has 6 nitrogen and oxygen atoms in total. The molecule has 2 saturated heterocycles. The molecule has 0 radical (unpaired) electrons. The molecule has 0 bridgehead atoms. The molecule has 2 fully saturated rings. The summed E-state index contributed by atoms with van der Waals surface area (Å²) in [5, 5.41) is 0. The van der Waals surface area contributed by atoms with Gasteiger partial charge in [-0.1, -0.05) is 140 Å². The van der Waals surface area contributed by atoms with E-state index in [9.17, 15) is 4.79 Å². The number of unbranched alkanes of at least 4 members (excludes halogenated alkanes) is 18. The fourth-order valence-corrected chi connectivity index (χ4v) is 7.05. The van der Waals surface area contributed by atoms with Crippen molar-refractivity contribution in [1.29, 1.82) is 0 Å². The molecule has 0 spiro atoms. The maximum atomic E-state index is 13.0. The van der Waals surface area contributed by atoms with Gasteiger partial charge in [-0.05, 0) is 90.9 Å². The largest absolute Gasteiger partial charge is 0.464 e. The summed E-state index contributed by atoms with van der Waals surface area (Å²) in [5.74, 6) is -1.12. The Hall–Kier alpha value is -1.73. The SMILES string of the molecule is CCCCC/C=C\C/C=C\CCCCCCCCC1(CCCCCCCC/C=C\C/C=C\CCCCC)OC(C(=O)OCC)C(C2OC2OCC)O1. The number of hydrogen-bond acceptors (Lipinski definition) is 6. The second-order valence-electron chi connectivity index (χ2n) is 14.9. The molecule has 0 aromatic carbocycles. The van der Waals surface area contributed by atoms with Gasteiger partial charge in [0.1, 0.15) is 12.2 Å². The Kier molecular flexibility index (Phi) is 28.2. The van der Waals surface area contributed by atoms with E-state index >= 15 is 0 Å². The molecule has 0 aromatic rings. The van der Waals surface area contributed by atoms with Crippen molar-refractivity contribution in [2.75, 3.05) is 13.2 Å². The Bertz CT molecular complexity index is 922. The predicted octanol–water partition coefficient (Wildman–Crippen LogP) is 13.2. The van der Waals surface area contributed by atoms with E-state index in [1.165, 1.54) is 116 Å². The molecule has 2 rings (SSSR count). The first-order valence-electron chi connectivity index (χ1n) is 22.0. The summed E-state index contributed by atoms with van der Waals surface area (Å²) in [4.78, 5) is 13.0. The molecular formula is C46H80O6. The van der Waals surface area contributed by atoms with E-state index in [1.54, 1.807) is 0 Å². The van der Waals surface area contributed by atoms with Crippen molar-refractivity contribution in [3.05, 3.63) is 48.6 Å². The number of ether oxygens (including phenoxy) is 5. The number of allylic oxidation sites excluding steroid dienone is 8. The molecular weight excluding hydrogens is 649 g/mol. The lowest BCUT2D eigenvalue weighted by Crippen LogP contribution is -2.37. The highest BCUT2D eigenvalue weighted by molar-refractivity contribution is 5.76. The van der Waals surface area contributed by atoms with Gasteiger partial charge in [-0.3, -0.25) is 0 Å². The normalized spacial score (nSPS) is 21.5. The lowest BCUT2D eigenvalue weighted by molar-refractivity contribution is -0.194. The zero-order chi connectivity index (χ0) is 37.4. The fourth-order valence-electron chi connectivity index (χ4n) is 7.05. The van der Waals surface area contributed by atoms with E-state index in [0.29, 0.717) is 13.2 Å². The van der Waals surface area contributed by atoms with Crippen LogP contribution in [0.3, 0.4) is 0 Å². The van der Waals surface area contributed by atoms with Gasteiger partial charge >= 0.3 is 5.97 Å². The van der Waals surface area contributed by atoms with Crippen LogP contribution in [0.4, 0.5) is 0 Å². The highest BCUT2D eigenvalue weighted by atomic mass is 16.8. The second-order valence-corrected chi connectivity index (χ2v) is 14.9. The van der Waals surface area contributed by atoms with Gasteiger partial charge in [0.25, 0.3) is 0 Å². The van der Waals surface area contributed by atoms with Gasteiger partial charge in [0.2, 0.25) is 0 Å². The van der Waals surface area contributed by atoms with Crippen molar-refractivity contribution in [1.82, 2.24) is 0 Å². The maximum Gasteiger partial charge on any atom is 0.338 e. The average Bonchev–Trinajstić information content (AvgIpc) is 3.81. The highest BCUT2D eigenvalue weighted by Gasteiger charge is 2.60. The predicted molar refractivity (Wildman–Crippen MR) is 217 cm³/mol. The quantitative estimate of drug-likeness (QED) is 0.0280. The minimum absolute atomic E-state index is 0.289. The van der Waals surface area contributed by atoms with Crippen molar-refractivity contribution >= 4 is 5.97 Å². The zero-order valence-electron chi connectivity index (χ0n) is 34.2. The van der Waals surface area contributed by atoms with Crippen LogP contribution in [0, 0.1) is 0 Å². The molecule has 6 heteroatoms. The maximum absolute atomic E-state index is 13.0. The molecule has 4 unspecified atom stereocenters. The fraction of sp³-hybridized carbons (Fsp3) is 0.804. The summed E-state index contributed by atoms with van der Waals surface area (Å²) in [6, 6.07) is 0. The number of rotatable bonds is 35. The van der Waals surface area contributed by atoms with Gasteiger partial charge in [-0.15, -0.1) is 0 Å². The van der Waals surface area contributed by atoms with E-state index in [2.05, 4.69) is 62.5 Å². The van der Waals surface area contributed by atoms with Gasteiger partial charge < -0.3 is 23.7 Å². The van der Waals surface area contributed by atoms with Gasteiger partial charge in [-0.2, -0.15) is 0 Å². The zero-order valence-corrected chi connectivity index (χ0v) is 34.2. The molecule has 4 atom stereocenters. The van der Waals surface area contributed by atoms with Crippen molar-refractivity contribution in [3.63, 3.8) is 0 Å². The molecule has 0 aromatic heterocycles. The van der Waals surface area contributed by atoms with Crippen LogP contribution in [0.25, 0.3) is 0 Å². The Morgan fingerprint density at radius 1 is 0.519 bits per heavy atom. The third-order valence-electron chi connectivity index (χ3n) is 10.2. The number of carbonyl (C=O) groups excluding carboxylic acids is 1. The molecule has 0 aliphatic carbocycles. The van der Waals surface area contributed by atoms with Gasteiger partial charge in [0.15, 0.2) is 18.2 Å². The van der Waals surface area contributed by atoms with Crippen molar-refractivity contribution in [3.8, 4) is 0 Å². The Labute approximate surface area is 320 Å². The number of hydrogen-bond donors (Lipinski definition) is 0. The van der Waals surface area contributed by atoms with E-state index in [1.807, 2.05) is 13.8 Å². The van der Waals surface area contributed by atoms with Crippen molar-refractivity contribution in [2.45, 2.75) is 225 Å². The summed E-state index contributed by atoms with van der Waals surface area (Å²) in [7, 11) is 0. The van der Waals surface area contributed by atoms with Crippen LogP contribution in [-0.4, -0.2) is 49.6 Å². The standard InChI is InChI=1S/C46H80O6/c1-5-9-11-13-15-17-19-21-23-25-27-29-31-33-35-37-39-46(51-41(43-45(50-43)49-8-4)42(52-46)44(47)48-7-3)40-38-36-34-32-30-28-26-24-22-20-18-16-14-12-10-6-2/h15-18,21-24,41-43,45H,5-14,19-20,25-40H2,1-4H3/b17-15-,18-16-,23-21-,24-22-. The van der Waals surface area contributed by atoms with Crippen LogP contribution in [0.15, 0.2) is 48.6 Å². The monoisotopic (exact) mass is 729 g/mol. The molecule has 2 aliphatic heterocycles. The summed E-state index contributed by atoms with van der Waals surface area (Å²) in [6.07, 6.45) is 47.4. The molecule has 0 N–H and O–H groups in total. The molecule has 0 saturated carbocycles. The van der Waals surface area contributed by atoms with Crippen molar-refractivity contribution < 1.29 is 28.5 Å². The Morgan fingerprint density at radius 2 is 0.962 bits per heavy atom. The summed E-state index contributed by atoms with van der Waals surface area (Å²) in [5.41, 5.74) is 0. The number of epoxide rings is 1. The Morgan fingerprint density at radius 3 is 1.40 bits per heavy atom. The van der Waals surface area contributed by atoms with Crippen molar-refractivity contribution in [2.24, 2.45) is 0 Å². The first kappa shape index (κ1) is 46.4. The van der Waals surface area contributed by atoms with E-state index in [-0.39, 0.29) is 18.4 Å². The van der Waals surface area contributed by atoms with Crippen LogP contribution < -0.4 is 0 Å². The first-order chi connectivity index (χ1) is 25.6. The van der Waals surface area contributed by atoms with Gasteiger partial charge in [0, 0.05) is 19.4 Å². The van der Waals surface area contributed by atoms with Gasteiger partial charge in [0.05, 0.1) is 6.61 Å². The summed E-state index contributed by atoms with van der Waals surface area (Å²) in [6.45, 7) is 9.17. The summed E-state index contributed by atoms with van der Waals surface area (Å²) < 4.78 is 30.3. The molecule has 0 amide bonds. The van der Waals surface area contributed by atoms with Crippen LogP contribution in [0.1, 0.15) is 195 Å². The van der Waals surface area contributed by atoms with Crippen LogP contribution in [0.5, 0.6) is 0 Å². The van der Waals surface area contributed by atoms with Crippen LogP contribution >= 0.6 is 0 Å². The molecule has 2 aliphatic rings. The highest BCUT2D eigenvalue weighted by Crippen LogP contribution is 2.44. The number of carbonyl (C=O) groups is 1. The third kappa shape index (κ3) is 21.8. The van der Waals surface area contributed by atoms with Gasteiger partial charge in [-0.25, -0.2) is 4.79 Å². The lowest BCUT2D eigenvalue weighted by Gasteiger charge is -2.28. The second kappa shape index (κ2) is 31.6. The molecule has 2 heterocycles. The lowest BCUT2D eigenvalue weighted by atomic mass is 9.98. The van der Waals surface area contributed by atoms with E-state index in [0.717, 1.165) is 51.4 Å². The topological polar surface area (TPSA) is 66.5 Å². The van der Waals surface area contributed by atoms with E-state index in [4.69, 9.17) is 23.7 Å². The van der Waals surface area contributed by atoms with Crippen LogP contribution in [0.2, 0.25) is 0 Å². The average molecular weight is 729 g/mol. The first-order valence-corrected chi connectivity index (χ1v) is 22.0. The Balaban J connectivity index is 1.73. The summed E-state index contributed by atoms with van der Waals surface area (Å²) >= 11 is 0. The van der Waals surface area contributed by atoms with E-state index < -0.39 is 18.0 Å². The smallest absolute Gasteiger partial charge is 0.338 e. The molecule has 52 heavy (non-hydrogen) atoms. The van der Waals surface area contributed by atoms with Crippen LogP contribution in [-0.2, 0) is 28.5 Å². The third-order valence-corrected chi connectivity index (χ3v) is 10.2. The molecule has 300 valence electrons. The minimum Gasteiger partial charge on any atom is -0.464 e.